The lowest BCUT2D eigenvalue weighted by Gasteiger charge is -2.33. The van der Waals surface area contributed by atoms with Crippen LogP contribution in [0.2, 0.25) is 0 Å². The Morgan fingerprint density at radius 1 is 1.18 bits per heavy atom. The molecule has 0 unspecified atom stereocenters. The molecule has 7 heteroatoms. The van der Waals surface area contributed by atoms with E-state index < -0.39 is 0 Å². The van der Waals surface area contributed by atoms with Gasteiger partial charge >= 0.3 is 0 Å². The van der Waals surface area contributed by atoms with E-state index in [1.165, 1.54) is 35.9 Å². The van der Waals surface area contributed by atoms with Gasteiger partial charge in [0.1, 0.15) is 5.82 Å². The van der Waals surface area contributed by atoms with Gasteiger partial charge in [-0.3, -0.25) is 14.5 Å². The summed E-state index contributed by atoms with van der Waals surface area (Å²) in [7, 11) is 0. The van der Waals surface area contributed by atoms with Crippen molar-refractivity contribution in [3.63, 3.8) is 0 Å². The zero-order valence-corrected chi connectivity index (χ0v) is 12.3. The van der Waals surface area contributed by atoms with Gasteiger partial charge in [0.05, 0.1) is 18.4 Å². The molecule has 0 fully saturated rings. The number of nitrogens with zero attached hydrogens (tertiary/aromatic N) is 4. The van der Waals surface area contributed by atoms with E-state index in [0.29, 0.717) is 30.3 Å². The fourth-order valence-electron chi connectivity index (χ4n) is 2.52. The molecule has 3 rings (SSSR count). The van der Waals surface area contributed by atoms with Crippen molar-refractivity contribution < 1.29 is 14.0 Å². The molecule has 0 saturated carbocycles. The summed E-state index contributed by atoms with van der Waals surface area (Å²) >= 11 is 0. The molecule has 2 heterocycles. The normalized spacial score (nSPS) is 14.0. The Morgan fingerprint density at radius 3 is 2.59 bits per heavy atom. The molecule has 0 aliphatic carbocycles. The topological polar surface area (TPSA) is 58.4 Å². The van der Waals surface area contributed by atoms with Crippen LogP contribution < -0.4 is 9.91 Å². The van der Waals surface area contributed by atoms with Gasteiger partial charge in [0.15, 0.2) is 0 Å². The standard InChI is InChI=1S/C15H15FN4O2/c1-10(21)18-6-7-19(11(2)22)20-9-14(17-15(18)20)12-4-3-5-13(16)8-12/h3-5,8-9H,6-7H2,1-2H3. The van der Waals surface area contributed by atoms with Crippen LogP contribution in [0.4, 0.5) is 10.3 Å². The van der Waals surface area contributed by atoms with Gasteiger partial charge in [0, 0.05) is 26.0 Å². The molecule has 0 N–H and O–H groups in total. The number of fused-ring (bicyclic) bond motifs is 1. The van der Waals surface area contributed by atoms with Crippen molar-refractivity contribution in [2.45, 2.75) is 13.8 Å². The predicted octanol–water partition coefficient (Wildman–Crippen LogP) is 1.54. The number of benzene rings is 1. The van der Waals surface area contributed by atoms with Crippen molar-refractivity contribution in [2.75, 3.05) is 23.0 Å². The van der Waals surface area contributed by atoms with Crippen LogP contribution in [0, 0.1) is 5.82 Å². The van der Waals surface area contributed by atoms with Crippen molar-refractivity contribution >= 4 is 17.8 Å². The number of imidazole rings is 1. The maximum Gasteiger partial charge on any atom is 0.238 e. The first-order valence-electron chi connectivity index (χ1n) is 6.89. The van der Waals surface area contributed by atoms with Gasteiger partial charge in [0.25, 0.3) is 0 Å². The summed E-state index contributed by atoms with van der Waals surface area (Å²) in [6.45, 7) is 3.68. The molecule has 0 spiro atoms. The van der Waals surface area contributed by atoms with Crippen molar-refractivity contribution in [1.29, 1.82) is 0 Å². The van der Waals surface area contributed by atoms with Crippen LogP contribution in [-0.2, 0) is 9.59 Å². The van der Waals surface area contributed by atoms with Crippen molar-refractivity contribution in [2.24, 2.45) is 0 Å². The molecule has 22 heavy (non-hydrogen) atoms. The molecule has 2 amide bonds. The monoisotopic (exact) mass is 302 g/mol. The molecule has 0 atom stereocenters. The number of carbonyl (C=O) groups is 2. The Morgan fingerprint density at radius 2 is 1.95 bits per heavy atom. The van der Waals surface area contributed by atoms with Crippen LogP contribution in [0.3, 0.4) is 0 Å². The highest BCUT2D eigenvalue weighted by Crippen LogP contribution is 2.26. The van der Waals surface area contributed by atoms with Gasteiger partial charge in [-0.15, -0.1) is 0 Å². The molecule has 0 saturated heterocycles. The number of hydrogen-bond donors (Lipinski definition) is 0. The molecule has 114 valence electrons. The predicted molar refractivity (Wildman–Crippen MR) is 79.4 cm³/mol. The average molecular weight is 302 g/mol. The van der Waals surface area contributed by atoms with E-state index in [-0.39, 0.29) is 17.6 Å². The Hall–Kier alpha value is -2.70. The van der Waals surface area contributed by atoms with E-state index in [2.05, 4.69) is 4.98 Å². The lowest BCUT2D eigenvalue weighted by atomic mass is 10.2. The molecule has 1 aromatic heterocycles. The van der Waals surface area contributed by atoms with Crippen LogP contribution in [0.5, 0.6) is 0 Å². The summed E-state index contributed by atoms with van der Waals surface area (Å²) in [5.74, 6) is -0.294. The van der Waals surface area contributed by atoms with E-state index in [1.807, 2.05) is 0 Å². The van der Waals surface area contributed by atoms with Gasteiger partial charge in [0.2, 0.25) is 17.8 Å². The maximum atomic E-state index is 13.4. The first kappa shape index (κ1) is 14.2. The Bertz CT molecular complexity index is 716. The second-order valence-electron chi connectivity index (χ2n) is 5.09. The lowest BCUT2D eigenvalue weighted by Crippen LogP contribution is -2.51. The highest BCUT2D eigenvalue weighted by molar-refractivity contribution is 5.92. The fraction of sp³-hybridized carbons (Fsp3) is 0.267. The SMILES string of the molecule is CC(=O)N1CCN(C(C)=O)n2cc(-c3cccc(F)c3)nc21. The summed E-state index contributed by atoms with van der Waals surface area (Å²) in [4.78, 5) is 29.4. The largest absolute Gasteiger partial charge is 0.279 e. The summed E-state index contributed by atoms with van der Waals surface area (Å²) in [5.41, 5.74) is 1.10. The van der Waals surface area contributed by atoms with E-state index in [9.17, 15) is 14.0 Å². The van der Waals surface area contributed by atoms with Gasteiger partial charge < -0.3 is 0 Å². The molecule has 2 aromatic rings. The first-order valence-corrected chi connectivity index (χ1v) is 6.89. The number of amides is 2. The second-order valence-corrected chi connectivity index (χ2v) is 5.09. The number of rotatable bonds is 1. The van der Waals surface area contributed by atoms with E-state index in [1.54, 1.807) is 23.0 Å². The van der Waals surface area contributed by atoms with Crippen molar-refractivity contribution in [3.8, 4) is 11.3 Å². The van der Waals surface area contributed by atoms with Crippen LogP contribution in [0.1, 0.15) is 13.8 Å². The highest BCUT2D eigenvalue weighted by atomic mass is 19.1. The molecule has 0 bridgehead atoms. The summed E-state index contributed by atoms with van der Waals surface area (Å²) in [6, 6.07) is 6.04. The van der Waals surface area contributed by atoms with E-state index in [0.717, 1.165) is 0 Å². The van der Waals surface area contributed by atoms with Gasteiger partial charge in [-0.1, -0.05) is 12.1 Å². The number of carbonyl (C=O) groups excluding carboxylic acids is 2. The molecule has 0 radical (unpaired) electrons. The molecule has 1 aromatic carbocycles. The average Bonchev–Trinajstić information content (AvgIpc) is 2.90. The summed E-state index contributed by atoms with van der Waals surface area (Å²) in [6.07, 6.45) is 1.64. The zero-order valence-electron chi connectivity index (χ0n) is 12.3. The number of aromatic nitrogens is 2. The number of hydrogen-bond acceptors (Lipinski definition) is 3. The Balaban J connectivity index is 2.11. The maximum absolute atomic E-state index is 13.4. The number of anilines is 1. The summed E-state index contributed by atoms with van der Waals surface area (Å²) < 4.78 is 14.9. The third-order valence-electron chi connectivity index (χ3n) is 3.57. The Labute approximate surface area is 126 Å². The van der Waals surface area contributed by atoms with Gasteiger partial charge in [-0.05, 0) is 12.1 Å². The minimum Gasteiger partial charge on any atom is -0.279 e. The lowest BCUT2D eigenvalue weighted by molar-refractivity contribution is -0.119. The quantitative estimate of drug-likeness (QED) is 0.803. The zero-order chi connectivity index (χ0) is 15.9. The Kier molecular flexibility index (Phi) is 3.40. The third-order valence-corrected chi connectivity index (χ3v) is 3.57. The van der Waals surface area contributed by atoms with Crippen molar-refractivity contribution in [1.82, 2.24) is 9.66 Å². The minimum absolute atomic E-state index is 0.146. The smallest absolute Gasteiger partial charge is 0.238 e. The second kappa shape index (κ2) is 5.25. The first-order chi connectivity index (χ1) is 10.5. The summed E-state index contributed by atoms with van der Waals surface area (Å²) in [5, 5.41) is 1.50. The van der Waals surface area contributed by atoms with Crippen LogP contribution in [-0.4, -0.2) is 34.6 Å². The number of halogens is 1. The van der Waals surface area contributed by atoms with E-state index in [4.69, 9.17) is 0 Å². The van der Waals surface area contributed by atoms with Crippen LogP contribution >= 0.6 is 0 Å². The molecule has 1 aliphatic rings. The highest BCUT2D eigenvalue weighted by Gasteiger charge is 2.29. The van der Waals surface area contributed by atoms with Crippen LogP contribution in [0.25, 0.3) is 11.3 Å². The van der Waals surface area contributed by atoms with E-state index >= 15 is 0 Å². The fourth-order valence-corrected chi connectivity index (χ4v) is 2.52. The van der Waals surface area contributed by atoms with Crippen molar-refractivity contribution in [3.05, 3.63) is 36.3 Å². The molecular formula is C15H15FN4O2. The molecular weight excluding hydrogens is 287 g/mol. The molecule has 6 nitrogen and oxygen atoms in total. The minimum atomic E-state index is -0.365. The third kappa shape index (κ3) is 2.34. The van der Waals surface area contributed by atoms with Gasteiger partial charge in [-0.25, -0.2) is 19.1 Å². The molecule has 1 aliphatic heterocycles. The van der Waals surface area contributed by atoms with Gasteiger partial charge in [-0.2, -0.15) is 0 Å². The van der Waals surface area contributed by atoms with Crippen LogP contribution in [0.15, 0.2) is 30.5 Å².